The van der Waals surface area contributed by atoms with Crippen molar-refractivity contribution in [1.82, 2.24) is 9.78 Å². The summed E-state index contributed by atoms with van der Waals surface area (Å²) in [6.07, 6.45) is 0. The minimum atomic E-state index is -0.768. The van der Waals surface area contributed by atoms with Gasteiger partial charge < -0.3 is 18.9 Å². The SMILES string of the molecule is CCOc1cc(-c2nn(-c3ccccc3)c(C(=O)OC)c2C(=O)OC)c(Cl)cc1OCc1ccccc1. The summed E-state index contributed by atoms with van der Waals surface area (Å²) in [4.78, 5) is 25.8. The zero-order chi connectivity index (χ0) is 26.4. The van der Waals surface area contributed by atoms with E-state index in [9.17, 15) is 9.59 Å². The van der Waals surface area contributed by atoms with Gasteiger partial charge in [0.1, 0.15) is 17.9 Å². The van der Waals surface area contributed by atoms with Crippen LogP contribution in [0.3, 0.4) is 0 Å². The van der Waals surface area contributed by atoms with Crippen molar-refractivity contribution in [2.45, 2.75) is 13.5 Å². The second-order valence-electron chi connectivity index (χ2n) is 7.79. The summed E-state index contributed by atoms with van der Waals surface area (Å²) in [6.45, 7) is 2.51. The zero-order valence-corrected chi connectivity index (χ0v) is 21.3. The fraction of sp³-hybridized carbons (Fsp3) is 0.179. The van der Waals surface area contributed by atoms with Crippen LogP contribution >= 0.6 is 11.6 Å². The first-order chi connectivity index (χ1) is 18.0. The van der Waals surface area contributed by atoms with Gasteiger partial charge in [0.05, 0.1) is 31.5 Å². The minimum Gasteiger partial charge on any atom is -0.490 e. The standard InChI is InChI=1S/C28H25ClN2O6/c1-4-36-22-15-20(21(29)16-23(22)37-17-18-11-7-5-8-12-18)25-24(27(32)34-2)26(28(33)35-3)31(30-25)19-13-9-6-10-14-19/h5-16H,4,17H2,1-3H3. The van der Waals surface area contributed by atoms with Crippen molar-refractivity contribution in [1.29, 1.82) is 0 Å². The quantitative estimate of drug-likeness (QED) is 0.260. The van der Waals surface area contributed by atoms with Crippen LogP contribution in [0, 0.1) is 0 Å². The van der Waals surface area contributed by atoms with Crippen LogP contribution in [0.1, 0.15) is 33.3 Å². The molecule has 0 radical (unpaired) electrons. The summed E-state index contributed by atoms with van der Waals surface area (Å²) in [5, 5.41) is 4.85. The number of ether oxygens (including phenoxy) is 4. The first-order valence-electron chi connectivity index (χ1n) is 11.5. The summed E-state index contributed by atoms with van der Waals surface area (Å²) in [5.41, 5.74) is 1.84. The molecule has 8 nitrogen and oxygen atoms in total. The number of esters is 2. The van der Waals surface area contributed by atoms with Crippen molar-refractivity contribution in [3.63, 3.8) is 0 Å². The van der Waals surface area contributed by atoms with Gasteiger partial charge in [-0.25, -0.2) is 14.3 Å². The Kier molecular flexibility index (Phi) is 8.10. The molecule has 0 amide bonds. The van der Waals surface area contributed by atoms with Crippen LogP contribution in [-0.2, 0) is 16.1 Å². The molecule has 0 atom stereocenters. The lowest BCUT2D eigenvalue weighted by Crippen LogP contribution is -2.15. The molecule has 0 bridgehead atoms. The van der Waals surface area contributed by atoms with E-state index in [0.717, 1.165) is 5.56 Å². The van der Waals surface area contributed by atoms with E-state index in [1.54, 1.807) is 36.4 Å². The predicted octanol–water partition coefficient (Wildman–Crippen LogP) is 5.74. The highest BCUT2D eigenvalue weighted by molar-refractivity contribution is 6.33. The van der Waals surface area contributed by atoms with E-state index < -0.39 is 11.9 Å². The number of carbonyl (C=O) groups excluding carboxylic acids is 2. The van der Waals surface area contributed by atoms with Gasteiger partial charge in [-0.15, -0.1) is 0 Å². The van der Waals surface area contributed by atoms with E-state index in [2.05, 4.69) is 5.10 Å². The molecule has 0 fully saturated rings. The average molecular weight is 521 g/mol. The van der Waals surface area contributed by atoms with Gasteiger partial charge in [-0.3, -0.25) is 0 Å². The molecule has 0 saturated heterocycles. The van der Waals surface area contributed by atoms with Crippen LogP contribution in [0.15, 0.2) is 72.8 Å². The third kappa shape index (κ3) is 5.44. The van der Waals surface area contributed by atoms with E-state index in [0.29, 0.717) is 36.0 Å². The second-order valence-corrected chi connectivity index (χ2v) is 8.20. The van der Waals surface area contributed by atoms with Crippen LogP contribution < -0.4 is 9.47 Å². The Balaban J connectivity index is 1.88. The number of halogens is 1. The maximum atomic E-state index is 13.0. The van der Waals surface area contributed by atoms with Gasteiger partial charge in [0.15, 0.2) is 17.2 Å². The molecule has 0 spiro atoms. The van der Waals surface area contributed by atoms with Gasteiger partial charge in [-0.2, -0.15) is 5.10 Å². The molecular weight excluding hydrogens is 496 g/mol. The molecule has 0 aliphatic heterocycles. The number of hydrogen-bond acceptors (Lipinski definition) is 7. The Morgan fingerprint density at radius 3 is 2.11 bits per heavy atom. The monoisotopic (exact) mass is 520 g/mol. The Labute approximate surface area is 219 Å². The van der Waals surface area contributed by atoms with Crippen molar-refractivity contribution >= 4 is 23.5 Å². The van der Waals surface area contributed by atoms with Gasteiger partial charge in [-0.1, -0.05) is 60.1 Å². The molecule has 3 aromatic carbocycles. The molecule has 4 rings (SSSR count). The van der Waals surface area contributed by atoms with Gasteiger partial charge in [0.2, 0.25) is 0 Å². The Morgan fingerprint density at radius 2 is 1.49 bits per heavy atom. The third-order valence-corrected chi connectivity index (χ3v) is 5.79. The lowest BCUT2D eigenvalue weighted by molar-refractivity contribution is 0.0549. The first kappa shape index (κ1) is 25.8. The second kappa shape index (κ2) is 11.6. The molecule has 1 heterocycles. The molecule has 0 unspecified atom stereocenters. The lowest BCUT2D eigenvalue weighted by Gasteiger charge is -2.15. The smallest absolute Gasteiger partial charge is 0.357 e. The molecule has 0 aliphatic rings. The minimum absolute atomic E-state index is 0.0829. The van der Waals surface area contributed by atoms with E-state index in [-0.39, 0.29) is 22.0 Å². The lowest BCUT2D eigenvalue weighted by atomic mass is 10.0. The average Bonchev–Trinajstić information content (AvgIpc) is 3.33. The highest BCUT2D eigenvalue weighted by atomic mass is 35.5. The van der Waals surface area contributed by atoms with Gasteiger partial charge >= 0.3 is 11.9 Å². The van der Waals surface area contributed by atoms with E-state index in [4.69, 9.17) is 30.5 Å². The van der Waals surface area contributed by atoms with Gasteiger partial charge in [0.25, 0.3) is 0 Å². The van der Waals surface area contributed by atoms with Crippen molar-refractivity contribution in [2.75, 3.05) is 20.8 Å². The van der Waals surface area contributed by atoms with Crippen molar-refractivity contribution in [2.24, 2.45) is 0 Å². The van der Waals surface area contributed by atoms with Crippen LogP contribution in [0.4, 0.5) is 0 Å². The molecule has 190 valence electrons. The number of para-hydroxylation sites is 1. The molecule has 0 N–H and O–H groups in total. The Hall–Kier alpha value is -4.30. The number of rotatable bonds is 9. The predicted molar refractivity (Wildman–Crippen MR) is 139 cm³/mol. The van der Waals surface area contributed by atoms with Crippen LogP contribution in [0.25, 0.3) is 16.9 Å². The fourth-order valence-electron chi connectivity index (χ4n) is 3.78. The topological polar surface area (TPSA) is 88.9 Å². The number of nitrogens with zero attached hydrogens (tertiary/aromatic N) is 2. The molecule has 0 aliphatic carbocycles. The van der Waals surface area contributed by atoms with Crippen LogP contribution in [0.5, 0.6) is 11.5 Å². The molecule has 4 aromatic rings. The van der Waals surface area contributed by atoms with E-state index in [1.165, 1.54) is 18.9 Å². The normalized spacial score (nSPS) is 10.6. The van der Waals surface area contributed by atoms with E-state index >= 15 is 0 Å². The van der Waals surface area contributed by atoms with Crippen molar-refractivity contribution in [3.05, 3.63) is 94.6 Å². The maximum Gasteiger partial charge on any atom is 0.357 e. The number of carbonyl (C=O) groups is 2. The molecule has 37 heavy (non-hydrogen) atoms. The fourth-order valence-corrected chi connectivity index (χ4v) is 4.02. The number of methoxy groups -OCH3 is 2. The maximum absolute atomic E-state index is 13.0. The van der Waals surface area contributed by atoms with Gasteiger partial charge in [0, 0.05) is 11.6 Å². The summed E-state index contributed by atoms with van der Waals surface area (Å²) in [6, 6.07) is 21.8. The highest BCUT2D eigenvalue weighted by Crippen LogP contribution is 2.41. The van der Waals surface area contributed by atoms with Crippen LogP contribution in [0.2, 0.25) is 5.02 Å². The highest BCUT2D eigenvalue weighted by Gasteiger charge is 2.32. The van der Waals surface area contributed by atoms with Crippen LogP contribution in [-0.4, -0.2) is 42.5 Å². The van der Waals surface area contributed by atoms with Crippen molar-refractivity contribution in [3.8, 4) is 28.4 Å². The summed E-state index contributed by atoms with van der Waals surface area (Å²) in [5.74, 6) is -0.694. The summed E-state index contributed by atoms with van der Waals surface area (Å²) in [7, 11) is 2.45. The van der Waals surface area contributed by atoms with Gasteiger partial charge in [-0.05, 0) is 30.7 Å². The number of hydrogen-bond donors (Lipinski definition) is 0. The molecule has 9 heteroatoms. The molecule has 1 aromatic heterocycles. The number of benzene rings is 3. The Morgan fingerprint density at radius 1 is 0.865 bits per heavy atom. The zero-order valence-electron chi connectivity index (χ0n) is 20.6. The molecule has 0 saturated carbocycles. The van der Waals surface area contributed by atoms with E-state index in [1.807, 2.05) is 43.3 Å². The Bertz CT molecular complexity index is 1400. The third-order valence-electron chi connectivity index (χ3n) is 5.48. The summed E-state index contributed by atoms with van der Waals surface area (Å²) < 4.78 is 23.2. The van der Waals surface area contributed by atoms with Crippen molar-refractivity contribution < 1.29 is 28.5 Å². The summed E-state index contributed by atoms with van der Waals surface area (Å²) >= 11 is 6.71. The molecular formula is C28H25ClN2O6. The largest absolute Gasteiger partial charge is 0.490 e. The number of aromatic nitrogens is 2. The first-order valence-corrected chi connectivity index (χ1v) is 11.8.